The maximum atomic E-state index is 12.9. The highest BCUT2D eigenvalue weighted by molar-refractivity contribution is 7.17. The Labute approximate surface area is 190 Å². The van der Waals surface area contributed by atoms with Gasteiger partial charge in [0.2, 0.25) is 5.91 Å². The van der Waals surface area contributed by atoms with Crippen molar-refractivity contribution < 1.29 is 4.79 Å². The minimum absolute atomic E-state index is 0.0846. The van der Waals surface area contributed by atoms with E-state index in [4.69, 9.17) is 4.98 Å². The number of nitrogens with one attached hydrogen (secondary N) is 2. The Morgan fingerprint density at radius 1 is 1.12 bits per heavy atom. The first-order valence-corrected chi connectivity index (χ1v) is 11.6. The number of aryl methyl sites for hydroxylation is 1. The largest absolute Gasteiger partial charge is 0.325 e. The maximum absolute atomic E-state index is 12.9. The van der Waals surface area contributed by atoms with Gasteiger partial charge < -0.3 is 10.3 Å². The summed E-state index contributed by atoms with van der Waals surface area (Å²) in [6.07, 6.45) is 0.890. The number of H-pyrrole nitrogens is 1. The minimum atomic E-state index is -0.147. The van der Waals surface area contributed by atoms with Crippen molar-refractivity contribution in [3.63, 3.8) is 0 Å². The Kier molecular flexibility index (Phi) is 6.78. The summed E-state index contributed by atoms with van der Waals surface area (Å²) in [6.45, 7) is 5.39. The van der Waals surface area contributed by atoms with E-state index in [2.05, 4.69) is 17.2 Å². The number of nitrogens with zero attached hydrogens (tertiary/aromatic N) is 2. The van der Waals surface area contributed by atoms with Crippen LogP contribution >= 0.6 is 11.3 Å². The summed E-state index contributed by atoms with van der Waals surface area (Å²) in [5, 5.41) is 5.57. The molecule has 0 unspecified atom stereocenters. The van der Waals surface area contributed by atoms with E-state index in [9.17, 15) is 9.59 Å². The molecule has 2 aromatic carbocycles. The highest BCUT2D eigenvalue weighted by atomic mass is 32.1. The van der Waals surface area contributed by atoms with Crippen molar-refractivity contribution in [3.05, 3.63) is 81.7 Å². The lowest BCUT2D eigenvalue weighted by molar-refractivity contribution is -0.117. The second kappa shape index (κ2) is 9.89. The van der Waals surface area contributed by atoms with E-state index in [1.165, 1.54) is 11.3 Å². The van der Waals surface area contributed by atoms with Gasteiger partial charge in [0.15, 0.2) is 0 Å². The van der Waals surface area contributed by atoms with Crippen LogP contribution in [-0.4, -0.2) is 33.9 Å². The predicted molar refractivity (Wildman–Crippen MR) is 131 cm³/mol. The number of anilines is 1. The molecule has 7 heteroatoms. The number of aromatic nitrogens is 2. The van der Waals surface area contributed by atoms with Gasteiger partial charge in [-0.05, 0) is 37.1 Å². The third-order valence-electron chi connectivity index (χ3n) is 5.28. The molecule has 164 valence electrons. The number of carbonyl (C=O) groups is 1. The molecule has 4 rings (SSSR count). The lowest BCUT2D eigenvalue weighted by Gasteiger charge is -2.20. The summed E-state index contributed by atoms with van der Waals surface area (Å²) in [5.41, 5.74) is 3.58. The van der Waals surface area contributed by atoms with Gasteiger partial charge in [0.25, 0.3) is 5.56 Å². The van der Waals surface area contributed by atoms with Crippen molar-refractivity contribution in [1.82, 2.24) is 14.9 Å². The monoisotopic (exact) mass is 446 g/mol. The van der Waals surface area contributed by atoms with Gasteiger partial charge in [0, 0.05) is 16.6 Å². The van der Waals surface area contributed by atoms with Crippen LogP contribution in [0.3, 0.4) is 0 Å². The van der Waals surface area contributed by atoms with Crippen molar-refractivity contribution in [3.8, 4) is 11.1 Å². The fourth-order valence-electron chi connectivity index (χ4n) is 3.75. The molecule has 2 aromatic heterocycles. The topological polar surface area (TPSA) is 78.1 Å². The quantitative estimate of drug-likeness (QED) is 0.407. The Morgan fingerprint density at radius 3 is 2.62 bits per heavy atom. The average Bonchev–Trinajstić information content (AvgIpc) is 3.21. The summed E-state index contributed by atoms with van der Waals surface area (Å²) in [6, 6.07) is 17.6. The molecule has 4 aromatic rings. The summed E-state index contributed by atoms with van der Waals surface area (Å²) in [7, 11) is 0. The number of hydrogen-bond acceptors (Lipinski definition) is 5. The lowest BCUT2D eigenvalue weighted by Crippen LogP contribution is -2.34. The van der Waals surface area contributed by atoms with Gasteiger partial charge in [-0.1, -0.05) is 55.5 Å². The second-order valence-corrected chi connectivity index (χ2v) is 8.64. The summed E-state index contributed by atoms with van der Waals surface area (Å²) >= 11 is 1.47. The second-order valence-electron chi connectivity index (χ2n) is 7.78. The van der Waals surface area contributed by atoms with Crippen LogP contribution in [0.1, 0.15) is 24.7 Å². The van der Waals surface area contributed by atoms with E-state index in [1.807, 2.05) is 71.8 Å². The standard InChI is InChI=1S/C25H26N4O2S/c1-3-13-29(15-22(30)26-20-12-8-7-9-17(20)2)14-21-27-24(31)23-19(16-32-25(23)28-21)18-10-5-4-6-11-18/h4-12,16H,3,13-15H2,1-2H3,(H,26,30)(H,27,28,31). The fraction of sp³-hybridized carbons (Fsp3) is 0.240. The van der Waals surface area contributed by atoms with Gasteiger partial charge in [0.1, 0.15) is 10.7 Å². The van der Waals surface area contributed by atoms with Gasteiger partial charge in [-0.3, -0.25) is 14.5 Å². The van der Waals surface area contributed by atoms with E-state index < -0.39 is 0 Å². The smallest absolute Gasteiger partial charge is 0.260 e. The van der Waals surface area contributed by atoms with E-state index >= 15 is 0 Å². The highest BCUT2D eigenvalue weighted by Gasteiger charge is 2.16. The van der Waals surface area contributed by atoms with Crippen LogP contribution in [0.25, 0.3) is 21.3 Å². The number of fused-ring (bicyclic) bond motifs is 1. The Hall–Kier alpha value is -3.29. The number of hydrogen-bond donors (Lipinski definition) is 2. The summed E-state index contributed by atoms with van der Waals surface area (Å²) < 4.78 is 0. The molecule has 2 N–H and O–H groups in total. The molecule has 0 bridgehead atoms. The molecule has 0 aliphatic heterocycles. The first-order chi connectivity index (χ1) is 15.5. The van der Waals surface area contributed by atoms with Crippen LogP contribution in [0.15, 0.2) is 64.8 Å². The van der Waals surface area contributed by atoms with Crippen LogP contribution in [-0.2, 0) is 11.3 Å². The van der Waals surface area contributed by atoms with Crippen LogP contribution in [0.4, 0.5) is 5.69 Å². The number of para-hydroxylation sites is 1. The zero-order valence-electron chi connectivity index (χ0n) is 18.2. The molecular weight excluding hydrogens is 420 g/mol. The molecule has 0 spiro atoms. The molecule has 6 nitrogen and oxygen atoms in total. The first kappa shape index (κ1) is 21.9. The molecule has 0 atom stereocenters. The molecule has 0 aliphatic rings. The zero-order valence-corrected chi connectivity index (χ0v) is 19.0. The number of thiophene rings is 1. The Morgan fingerprint density at radius 2 is 1.88 bits per heavy atom. The molecule has 0 saturated carbocycles. The zero-order chi connectivity index (χ0) is 22.5. The Bertz CT molecular complexity index is 1280. The molecule has 0 radical (unpaired) electrons. The lowest BCUT2D eigenvalue weighted by atomic mass is 10.1. The van der Waals surface area contributed by atoms with Gasteiger partial charge in [0.05, 0.1) is 18.5 Å². The van der Waals surface area contributed by atoms with E-state index in [1.54, 1.807) is 0 Å². The van der Waals surface area contributed by atoms with Crippen LogP contribution in [0.5, 0.6) is 0 Å². The van der Waals surface area contributed by atoms with Crippen LogP contribution in [0.2, 0.25) is 0 Å². The molecule has 0 saturated heterocycles. The molecule has 32 heavy (non-hydrogen) atoms. The number of carbonyl (C=O) groups excluding carboxylic acids is 1. The van der Waals surface area contributed by atoms with Crippen molar-refractivity contribution in [2.24, 2.45) is 0 Å². The number of rotatable bonds is 8. The summed E-state index contributed by atoms with van der Waals surface area (Å²) in [4.78, 5) is 35.9. The number of aromatic amines is 1. The van der Waals surface area contributed by atoms with Gasteiger partial charge in [-0.25, -0.2) is 4.98 Å². The normalized spacial score (nSPS) is 11.2. The highest BCUT2D eigenvalue weighted by Crippen LogP contribution is 2.30. The Balaban J connectivity index is 1.53. The van der Waals surface area contributed by atoms with Crippen molar-refractivity contribution in [2.45, 2.75) is 26.8 Å². The van der Waals surface area contributed by atoms with Gasteiger partial charge in [-0.15, -0.1) is 11.3 Å². The molecule has 2 heterocycles. The van der Waals surface area contributed by atoms with Crippen LogP contribution < -0.4 is 10.9 Å². The van der Waals surface area contributed by atoms with Crippen molar-refractivity contribution in [2.75, 3.05) is 18.4 Å². The van der Waals surface area contributed by atoms with E-state index in [0.717, 1.165) is 35.3 Å². The van der Waals surface area contributed by atoms with Crippen LogP contribution in [0, 0.1) is 6.92 Å². The molecular formula is C25H26N4O2S. The SMILES string of the molecule is CCCN(CC(=O)Nc1ccccc1C)Cc1nc2scc(-c3ccccc3)c2c(=O)[nH]1. The molecule has 0 aliphatic carbocycles. The van der Waals surface area contributed by atoms with E-state index in [-0.39, 0.29) is 18.0 Å². The number of amides is 1. The van der Waals surface area contributed by atoms with Gasteiger partial charge >= 0.3 is 0 Å². The predicted octanol–water partition coefficient (Wildman–Crippen LogP) is 4.81. The summed E-state index contributed by atoms with van der Waals surface area (Å²) in [5.74, 6) is 0.486. The maximum Gasteiger partial charge on any atom is 0.260 e. The third kappa shape index (κ3) is 4.95. The fourth-order valence-corrected chi connectivity index (χ4v) is 4.71. The first-order valence-electron chi connectivity index (χ1n) is 10.7. The molecule has 1 amide bonds. The molecule has 0 fully saturated rings. The van der Waals surface area contributed by atoms with Gasteiger partial charge in [-0.2, -0.15) is 0 Å². The average molecular weight is 447 g/mol. The minimum Gasteiger partial charge on any atom is -0.325 e. The van der Waals surface area contributed by atoms with Crippen molar-refractivity contribution in [1.29, 1.82) is 0 Å². The third-order valence-corrected chi connectivity index (χ3v) is 6.15. The number of benzene rings is 2. The van der Waals surface area contributed by atoms with E-state index in [0.29, 0.717) is 22.6 Å². The van der Waals surface area contributed by atoms with Crippen molar-refractivity contribution >= 4 is 33.1 Å².